The molecule has 0 fully saturated rings. The molecule has 0 heterocycles. The van der Waals surface area contributed by atoms with Crippen molar-refractivity contribution in [2.75, 3.05) is 30.3 Å². The van der Waals surface area contributed by atoms with Crippen LogP contribution in [0.2, 0.25) is 5.02 Å². The fraction of sp³-hybridized carbons (Fsp3) is 0.462. The van der Waals surface area contributed by atoms with E-state index in [-0.39, 0.29) is 24.1 Å². The molecule has 1 atom stereocenters. The lowest BCUT2D eigenvalue weighted by Crippen LogP contribution is -2.52. The second kappa shape index (κ2) is 13.5. The van der Waals surface area contributed by atoms with Crippen LogP contribution in [0.25, 0.3) is 0 Å². The molecule has 1 N–H and O–H groups in total. The number of nitrogens with zero attached hydrogens (tertiary/aromatic N) is 2. The van der Waals surface area contributed by atoms with Crippen molar-refractivity contribution in [1.82, 2.24) is 10.2 Å². The van der Waals surface area contributed by atoms with Gasteiger partial charge in [-0.2, -0.15) is 0 Å². The highest BCUT2D eigenvalue weighted by Crippen LogP contribution is 2.30. The molecule has 0 unspecified atom stereocenters. The molecule has 2 aromatic carbocycles. The Bertz CT molecular complexity index is 1140. The number of hydrogen-bond donors (Lipinski definition) is 1. The van der Waals surface area contributed by atoms with Crippen LogP contribution in [0.3, 0.4) is 0 Å². The maximum Gasteiger partial charge on any atom is 0.244 e. The molecule has 0 saturated carbocycles. The number of halogens is 1. The molecule has 0 aliphatic heterocycles. The molecular weight excluding hydrogens is 502 g/mol. The van der Waals surface area contributed by atoms with Gasteiger partial charge in [0.2, 0.25) is 21.8 Å². The van der Waals surface area contributed by atoms with Crippen molar-refractivity contribution >= 4 is 39.1 Å². The number of ether oxygens (including phenoxy) is 1. The Morgan fingerprint density at radius 2 is 1.69 bits per heavy atom. The Balaban J connectivity index is 2.48. The van der Waals surface area contributed by atoms with Crippen molar-refractivity contribution in [3.05, 3.63) is 59.1 Å². The molecule has 36 heavy (non-hydrogen) atoms. The van der Waals surface area contributed by atoms with Gasteiger partial charge in [0, 0.05) is 18.1 Å². The number of nitrogens with one attached hydrogen (secondary N) is 1. The fourth-order valence-corrected chi connectivity index (χ4v) is 4.74. The summed E-state index contributed by atoms with van der Waals surface area (Å²) in [6.07, 6.45) is 1.38. The van der Waals surface area contributed by atoms with Crippen molar-refractivity contribution < 1.29 is 22.7 Å². The van der Waals surface area contributed by atoms with Crippen molar-refractivity contribution in [2.45, 2.75) is 46.7 Å². The predicted octanol–water partition coefficient (Wildman–Crippen LogP) is 4.08. The maximum atomic E-state index is 13.8. The summed E-state index contributed by atoms with van der Waals surface area (Å²) in [6, 6.07) is 12.9. The first-order chi connectivity index (χ1) is 17.0. The second-order valence-corrected chi connectivity index (χ2v) is 11.2. The van der Waals surface area contributed by atoms with Gasteiger partial charge >= 0.3 is 0 Å². The quantitative estimate of drug-likeness (QED) is 0.415. The van der Waals surface area contributed by atoms with E-state index in [1.54, 1.807) is 55.5 Å². The molecule has 0 spiro atoms. The van der Waals surface area contributed by atoms with Crippen LogP contribution in [-0.4, -0.2) is 57.1 Å². The van der Waals surface area contributed by atoms with Crippen LogP contribution in [0, 0.1) is 5.92 Å². The van der Waals surface area contributed by atoms with Crippen molar-refractivity contribution in [3.8, 4) is 5.75 Å². The average Bonchev–Trinajstić information content (AvgIpc) is 2.82. The summed E-state index contributed by atoms with van der Waals surface area (Å²) >= 11 is 6.37. The molecule has 0 aliphatic carbocycles. The van der Waals surface area contributed by atoms with E-state index in [9.17, 15) is 18.0 Å². The van der Waals surface area contributed by atoms with Crippen LogP contribution < -0.4 is 14.4 Å². The number of sulfonamides is 1. The Kier molecular flexibility index (Phi) is 11.0. The number of para-hydroxylation sites is 2. The Labute approximate surface area is 219 Å². The Morgan fingerprint density at radius 3 is 2.28 bits per heavy atom. The van der Waals surface area contributed by atoms with E-state index in [0.717, 1.165) is 10.6 Å². The molecule has 0 aromatic heterocycles. The number of carbonyl (C=O) groups is 2. The highest BCUT2D eigenvalue weighted by atomic mass is 35.5. The van der Waals surface area contributed by atoms with Crippen LogP contribution in [0.1, 0.15) is 39.7 Å². The third-order valence-electron chi connectivity index (χ3n) is 5.48. The molecular formula is C26H36ClN3O5S. The number of amides is 2. The first-order valence-corrected chi connectivity index (χ1v) is 14.2. The molecule has 198 valence electrons. The molecule has 0 saturated heterocycles. The van der Waals surface area contributed by atoms with Crippen molar-refractivity contribution in [3.63, 3.8) is 0 Å². The zero-order valence-electron chi connectivity index (χ0n) is 21.5. The minimum Gasteiger partial charge on any atom is -0.492 e. The number of hydrogen-bond acceptors (Lipinski definition) is 5. The number of anilines is 1. The normalized spacial score (nSPS) is 12.2. The third kappa shape index (κ3) is 8.13. The van der Waals surface area contributed by atoms with Crippen LogP contribution in [0.4, 0.5) is 5.69 Å². The highest BCUT2D eigenvalue weighted by Gasteiger charge is 2.32. The lowest BCUT2D eigenvalue weighted by molar-refractivity contribution is -0.140. The van der Waals surface area contributed by atoms with E-state index in [0.29, 0.717) is 35.9 Å². The van der Waals surface area contributed by atoms with Crippen LogP contribution in [0.15, 0.2) is 48.5 Å². The average molecular weight is 538 g/mol. The summed E-state index contributed by atoms with van der Waals surface area (Å²) < 4.78 is 32.2. The van der Waals surface area contributed by atoms with E-state index in [1.165, 1.54) is 4.90 Å². The molecule has 2 amide bonds. The largest absolute Gasteiger partial charge is 0.492 e. The fourth-order valence-electron chi connectivity index (χ4n) is 3.69. The van der Waals surface area contributed by atoms with Gasteiger partial charge in [0.15, 0.2) is 0 Å². The predicted molar refractivity (Wildman–Crippen MR) is 144 cm³/mol. The minimum absolute atomic E-state index is 0.0524. The molecule has 10 heteroatoms. The lowest BCUT2D eigenvalue weighted by atomic mass is 10.1. The van der Waals surface area contributed by atoms with Gasteiger partial charge in [-0.1, -0.05) is 62.7 Å². The Hall–Kier alpha value is -2.78. The first kappa shape index (κ1) is 29.5. The van der Waals surface area contributed by atoms with Crippen LogP contribution in [-0.2, 0) is 26.2 Å². The molecule has 0 bridgehead atoms. The van der Waals surface area contributed by atoms with Crippen molar-refractivity contribution in [2.24, 2.45) is 5.92 Å². The Morgan fingerprint density at radius 1 is 1.06 bits per heavy atom. The summed E-state index contributed by atoms with van der Waals surface area (Å²) in [4.78, 5) is 28.3. The summed E-state index contributed by atoms with van der Waals surface area (Å²) in [5.74, 6) is -0.252. The van der Waals surface area contributed by atoms with E-state index in [4.69, 9.17) is 16.3 Å². The minimum atomic E-state index is -3.86. The number of rotatable bonds is 13. The van der Waals surface area contributed by atoms with Gasteiger partial charge < -0.3 is 15.0 Å². The second-order valence-electron chi connectivity index (χ2n) is 8.85. The van der Waals surface area contributed by atoms with Gasteiger partial charge in [0.25, 0.3) is 0 Å². The topological polar surface area (TPSA) is 96.0 Å². The van der Waals surface area contributed by atoms with Gasteiger partial charge in [-0.15, -0.1) is 0 Å². The maximum absolute atomic E-state index is 13.8. The SMILES string of the molecule is CCOc1ccccc1N(CC(=O)N(Cc1ccccc1Cl)[C@@H](CC)C(=O)NCC(C)C)S(C)(=O)=O. The smallest absolute Gasteiger partial charge is 0.244 e. The zero-order chi connectivity index (χ0) is 26.9. The van der Waals surface area contributed by atoms with Gasteiger partial charge in [-0.25, -0.2) is 8.42 Å². The molecule has 0 radical (unpaired) electrons. The third-order valence-corrected chi connectivity index (χ3v) is 6.98. The zero-order valence-corrected chi connectivity index (χ0v) is 23.1. The van der Waals surface area contributed by atoms with Crippen LogP contribution >= 0.6 is 11.6 Å². The van der Waals surface area contributed by atoms with E-state index >= 15 is 0 Å². The molecule has 8 nitrogen and oxygen atoms in total. The summed E-state index contributed by atoms with van der Waals surface area (Å²) in [7, 11) is -3.86. The van der Waals surface area contributed by atoms with Gasteiger partial charge in [-0.05, 0) is 43.0 Å². The van der Waals surface area contributed by atoms with Gasteiger partial charge in [0.1, 0.15) is 18.3 Å². The summed E-state index contributed by atoms with van der Waals surface area (Å²) in [5.41, 5.74) is 0.911. The van der Waals surface area contributed by atoms with E-state index < -0.39 is 28.5 Å². The highest BCUT2D eigenvalue weighted by molar-refractivity contribution is 7.92. The van der Waals surface area contributed by atoms with Crippen molar-refractivity contribution in [1.29, 1.82) is 0 Å². The summed E-state index contributed by atoms with van der Waals surface area (Å²) in [6.45, 7) is 7.90. The standard InChI is InChI=1S/C26H36ClN3O5S/c1-6-22(26(32)28-16-19(3)4)29(17-20-12-8-9-13-21(20)27)25(31)18-30(36(5,33)34)23-14-10-11-15-24(23)35-7-2/h8-15,19,22H,6-7,16-18H2,1-5H3,(H,28,32)/t22-/m0/s1. The van der Waals surface area contributed by atoms with E-state index in [2.05, 4.69) is 5.32 Å². The molecule has 2 rings (SSSR count). The number of benzene rings is 2. The number of carbonyl (C=O) groups excluding carboxylic acids is 2. The lowest BCUT2D eigenvalue weighted by Gasteiger charge is -2.33. The molecule has 2 aromatic rings. The molecule has 0 aliphatic rings. The monoisotopic (exact) mass is 537 g/mol. The van der Waals surface area contributed by atoms with E-state index in [1.807, 2.05) is 20.8 Å². The van der Waals surface area contributed by atoms with Crippen LogP contribution in [0.5, 0.6) is 5.75 Å². The van der Waals surface area contributed by atoms with Gasteiger partial charge in [-0.3, -0.25) is 13.9 Å². The van der Waals surface area contributed by atoms with Gasteiger partial charge in [0.05, 0.1) is 18.6 Å². The summed E-state index contributed by atoms with van der Waals surface area (Å²) in [5, 5.41) is 3.35. The first-order valence-electron chi connectivity index (χ1n) is 12.0.